The molecule has 3 atom stereocenters. The molecule has 110 valence electrons. The van der Waals surface area contributed by atoms with E-state index in [-0.39, 0.29) is 17.3 Å². The lowest BCUT2D eigenvalue weighted by Crippen LogP contribution is -2.31. The molecule has 1 aliphatic carbocycles. The number of aliphatic hydroxyl groups is 1. The molecule has 0 aromatic heterocycles. The zero-order chi connectivity index (χ0) is 15.0. The summed E-state index contributed by atoms with van der Waals surface area (Å²) in [5.74, 6) is 0.0627. The molecule has 3 heteroatoms. The molecule has 2 rings (SSSR count). The second-order valence-electron chi connectivity index (χ2n) is 6.90. The Morgan fingerprint density at radius 1 is 1.40 bits per heavy atom. The van der Waals surface area contributed by atoms with E-state index in [0.717, 1.165) is 6.42 Å². The van der Waals surface area contributed by atoms with Crippen molar-refractivity contribution in [1.82, 2.24) is 0 Å². The summed E-state index contributed by atoms with van der Waals surface area (Å²) in [6, 6.07) is 10.1. The minimum Gasteiger partial charge on any atom is -0.465 e. The number of hydrogen-bond donors (Lipinski definition) is 1. The summed E-state index contributed by atoms with van der Waals surface area (Å²) in [5.41, 5.74) is 0.388. The molecule has 0 saturated heterocycles. The van der Waals surface area contributed by atoms with Gasteiger partial charge in [-0.25, -0.2) is 0 Å². The molecule has 1 N–H and O–H groups in total. The molecular formula is C17H24O3. The standard InChI is InChI=1S/C17H24O3/c1-12(18)17(11-20-15(19)16(2,3)4)10-14(17)13-8-6-5-7-9-13/h5-9,12,14,18H,10-11H2,1-4H3/t12-,14?,17?/m1/s1. The first-order chi connectivity index (χ1) is 9.27. The molecule has 0 amide bonds. The van der Waals surface area contributed by atoms with Gasteiger partial charge in [-0.2, -0.15) is 0 Å². The average molecular weight is 276 g/mol. The van der Waals surface area contributed by atoms with E-state index in [9.17, 15) is 9.90 Å². The fraction of sp³-hybridized carbons (Fsp3) is 0.588. The molecule has 0 aliphatic heterocycles. The van der Waals surface area contributed by atoms with Gasteiger partial charge in [0.15, 0.2) is 0 Å². The Labute approximate surface area is 121 Å². The minimum absolute atomic E-state index is 0.212. The topological polar surface area (TPSA) is 46.5 Å². The van der Waals surface area contributed by atoms with Crippen LogP contribution < -0.4 is 0 Å². The van der Waals surface area contributed by atoms with Gasteiger partial charge in [0.05, 0.1) is 18.1 Å². The molecule has 20 heavy (non-hydrogen) atoms. The summed E-state index contributed by atoms with van der Waals surface area (Å²) >= 11 is 0. The second-order valence-corrected chi connectivity index (χ2v) is 6.90. The van der Waals surface area contributed by atoms with Gasteiger partial charge in [-0.1, -0.05) is 30.3 Å². The van der Waals surface area contributed by atoms with Crippen molar-refractivity contribution in [3.05, 3.63) is 35.9 Å². The summed E-state index contributed by atoms with van der Waals surface area (Å²) in [7, 11) is 0. The van der Waals surface area contributed by atoms with Crippen molar-refractivity contribution in [2.24, 2.45) is 10.8 Å². The Bertz CT molecular complexity index is 473. The Kier molecular flexibility index (Phi) is 3.92. The number of esters is 1. The van der Waals surface area contributed by atoms with Crippen LogP contribution in [-0.2, 0) is 9.53 Å². The molecule has 1 aromatic carbocycles. The van der Waals surface area contributed by atoms with Gasteiger partial charge in [0.2, 0.25) is 0 Å². The van der Waals surface area contributed by atoms with Crippen molar-refractivity contribution < 1.29 is 14.6 Å². The molecular weight excluding hydrogens is 252 g/mol. The predicted octanol–water partition coefficient (Wildman–Crippen LogP) is 3.13. The van der Waals surface area contributed by atoms with Gasteiger partial charge in [-0.3, -0.25) is 4.79 Å². The van der Waals surface area contributed by atoms with E-state index in [1.807, 2.05) is 39.0 Å². The van der Waals surface area contributed by atoms with Crippen LogP contribution >= 0.6 is 0 Å². The van der Waals surface area contributed by atoms with Crippen LogP contribution in [0.25, 0.3) is 0 Å². The van der Waals surface area contributed by atoms with Crippen LogP contribution in [0.15, 0.2) is 30.3 Å². The van der Waals surface area contributed by atoms with Crippen LogP contribution in [0.3, 0.4) is 0 Å². The minimum atomic E-state index is -0.503. The maximum Gasteiger partial charge on any atom is 0.311 e. The van der Waals surface area contributed by atoms with Gasteiger partial charge in [-0.05, 0) is 45.6 Å². The molecule has 1 aliphatic rings. The number of benzene rings is 1. The Morgan fingerprint density at radius 3 is 2.50 bits per heavy atom. The van der Waals surface area contributed by atoms with E-state index in [4.69, 9.17) is 4.74 Å². The van der Waals surface area contributed by atoms with E-state index < -0.39 is 11.5 Å². The average Bonchev–Trinajstić information content (AvgIpc) is 3.12. The molecule has 3 nitrogen and oxygen atoms in total. The molecule has 1 saturated carbocycles. The van der Waals surface area contributed by atoms with Crippen molar-refractivity contribution >= 4 is 5.97 Å². The van der Waals surface area contributed by atoms with Crippen LogP contribution in [0.5, 0.6) is 0 Å². The molecule has 0 radical (unpaired) electrons. The fourth-order valence-corrected chi connectivity index (χ4v) is 2.61. The highest BCUT2D eigenvalue weighted by Crippen LogP contribution is 2.61. The highest BCUT2D eigenvalue weighted by atomic mass is 16.5. The van der Waals surface area contributed by atoms with Crippen molar-refractivity contribution in [3.63, 3.8) is 0 Å². The van der Waals surface area contributed by atoms with Crippen molar-refractivity contribution in [2.75, 3.05) is 6.61 Å². The van der Waals surface area contributed by atoms with Gasteiger partial charge < -0.3 is 9.84 Å². The van der Waals surface area contributed by atoms with Crippen LogP contribution in [0.2, 0.25) is 0 Å². The molecule has 1 fully saturated rings. The van der Waals surface area contributed by atoms with E-state index in [1.165, 1.54) is 5.56 Å². The number of carbonyl (C=O) groups is 1. The summed E-state index contributed by atoms with van der Waals surface area (Å²) < 4.78 is 5.45. The maximum atomic E-state index is 11.9. The third-order valence-corrected chi connectivity index (χ3v) is 4.24. The van der Waals surface area contributed by atoms with Gasteiger partial charge in [0.25, 0.3) is 0 Å². The fourth-order valence-electron chi connectivity index (χ4n) is 2.61. The van der Waals surface area contributed by atoms with Crippen LogP contribution in [-0.4, -0.2) is 23.8 Å². The molecule has 0 heterocycles. The molecule has 0 spiro atoms. The largest absolute Gasteiger partial charge is 0.465 e. The highest BCUT2D eigenvalue weighted by molar-refractivity contribution is 5.75. The number of aliphatic hydroxyl groups excluding tert-OH is 1. The summed E-state index contributed by atoms with van der Waals surface area (Å²) in [6.45, 7) is 7.60. The quantitative estimate of drug-likeness (QED) is 0.859. The van der Waals surface area contributed by atoms with Crippen LogP contribution in [0.4, 0.5) is 0 Å². The third-order valence-electron chi connectivity index (χ3n) is 4.24. The Morgan fingerprint density at radius 2 is 2.00 bits per heavy atom. The Hall–Kier alpha value is -1.35. The first-order valence-corrected chi connectivity index (χ1v) is 7.17. The van der Waals surface area contributed by atoms with Crippen molar-refractivity contribution in [1.29, 1.82) is 0 Å². The smallest absolute Gasteiger partial charge is 0.311 e. The van der Waals surface area contributed by atoms with Gasteiger partial charge >= 0.3 is 5.97 Å². The monoisotopic (exact) mass is 276 g/mol. The van der Waals surface area contributed by atoms with Crippen molar-refractivity contribution in [2.45, 2.75) is 46.1 Å². The zero-order valence-corrected chi connectivity index (χ0v) is 12.7. The molecule has 2 unspecified atom stereocenters. The van der Waals surface area contributed by atoms with Gasteiger partial charge in [-0.15, -0.1) is 0 Å². The van der Waals surface area contributed by atoms with E-state index in [0.29, 0.717) is 6.61 Å². The number of hydrogen-bond acceptors (Lipinski definition) is 3. The summed E-state index contributed by atoms with van der Waals surface area (Å²) in [5, 5.41) is 10.1. The predicted molar refractivity (Wildman–Crippen MR) is 78.3 cm³/mol. The lowest BCUT2D eigenvalue weighted by Gasteiger charge is -2.24. The van der Waals surface area contributed by atoms with E-state index >= 15 is 0 Å². The normalized spacial score (nSPS) is 26.9. The highest BCUT2D eigenvalue weighted by Gasteiger charge is 2.59. The number of carbonyl (C=O) groups excluding carboxylic acids is 1. The first kappa shape index (κ1) is 15.0. The second kappa shape index (κ2) is 5.21. The number of rotatable bonds is 4. The van der Waals surface area contributed by atoms with Crippen LogP contribution in [0.1, 0.15) is 45.6 Å². The Balaban J connectivity index is 2.06. The lowest BCUT2D eigenvalue weighted by molar-refractivity contribution is -0.156. The van der Waals surface area contributed by atoms with Gasteiger partial charge in [0.1, 0.15) is 0 Å². The molecule has 0 bridgehead atoms. The van der Waals surface area contributed by atoms with Crippen LogP contribution in [0, 0.1) is 10.8 Å². The van der Waals surface area contributed by atoms with E-state index in [2.05, 4.69) is 12.1 Å². The number of ether oxygens (including phenoxy) is 1. The van der Waals surface area contributed by atoms with Gasteiger partial charge in [0, 0.05) is 5.41 Å². The third kappa shape index (κ3) is 2.88. The lowest BCUT2D eigenvalue weighted by atomic mass is 9.94. The SMILES string of the molecule is C[C@@H](O)C1(COC(=O)C(C)(C)C)CC1c1ccccc1. The zero-order valence-electron chi connectivity index (χ0n) is 12.7. The van der Waals surface area contributed by atoms with Crippen molar-refractivity contribution in [3.8, 4) is 0 Å². The summed E-state index contributed by atoms with van der Waals surface area (Å²) in [6.07, 6.45) is 0.381. The van der Waals surface area contributed by atoms with E-state index in [1.54, 1.807) is 6.92 Å². The summed E-state index contributed by atoms with van der Waals surface area (Å²) in [4.78, 5) is 11.9. The first-order valence-electron chi connectivity index (χ1n) is 7.17. The maximum absolute atomic E-state index is 11.9. The molecule has 1 aromatic rings.